The highest BCUT2D eigenvalue weighted by molar-refractivity contribution is 6.20. The summed E-state index contributed by atoms with van der Waals surface area (Å²) in [6, 6.07) is 83.4. The zero-order valence-corrected chi connectivity index (χ0v) is 34.2. The number of furan rings is 1. The Labute approximate surface area is 363 Å². The first kappa shape index (κ1) is 35.4. The Morgan fingerprint density at radius 1 is 0.349 bits per heavy atom. The summed E-state index contributed by atoms with van der Waals surface area (Å²) in [4.78, 5) is 2.39. The molecular formula is C60H38N2O. The van der Waals surface area contributed by atoms with Gasteiger partial charge in [-0.25, -0.2) is 0 Å². The van der Waals surface area contributed by atoms with E-state index in [0.29, 0.717) is 0 Å². The summed E-state index contributed by atoms with van der Waals surface area (Å²) < 4.78 is 9.12. The topological polar surface area (TPSA) is 21.3 Å². The van der Waals surface area contributed by atoms with E-state index in [9.17, 15) is 0 Å². The number of para-hydroxylation sites is 2. The molecule has 0 aliphatic rings. The third-order valence-electron chi connectivity index (χ3n) is 13.0. The molecule has 294 valence electrons. The molecule has 0 aliphatic heterocycles. The standard InChI is InChI=1S/C60H38N2O/c1-2-16-43(17-3-1)62-54-24-11-10-22-51(54)58-47(23-12-25-55(58)62)40-28-33-44(34-29-40)61(56-26-13-27-57-59(56)52-37-32-39-14-4-7-19-48(39)60(52)63-57)45-35-30-41(31-36-45)53-38-42-15-5-6-18-46(42)49-20-8-9-21-50(49)53/h1-38H. The molecular weight excluding hydrogens is 765 g/mol. The number of anilines is 3. The number of hydrogen-bond acceptors (Lipinski definition) is 2. The molecule has 3 heteroatoms. The van der Waals surface area contributed by atoms with E-state index in [4.69, 9.17) is 4.42 Å². The zero-order valence-electron chi connectivity index (χ0n) is 34.2. The molecule has 2 heterocycles. The number of nitrogens with zero attached hydrogens (tertiary/aromatic N) is 2. The molecule has 0 aliphatic carbocycles. The lowest BCUT2D eigenvalue weighted by Gasteiger charge is -2.27. The summed E-state index contributed by atoms with van der Waals surface area (Å²) in [7, 11) is 0. The van der Waals surface area contributed by atoms with E-state index in [-0.39, 0.29) is 0 Å². The third-order valence-corrected chi connectivity index (χ3v) is 13.0. The van der Waals surface area contributed by atoms with Crippen molar-refractivity contribution in [3.05, 3.63) is 231 Å². The molecule has 0 N–H and O–H groups in total. The maximum Gasteiger partial charge on any atom is 0.143 e. The molecule has 63 heavy (non-hydrogen) atoms. The van der Waals surface area contributed by atoms with E-state index in [2.05, 4.69) is 240 Å². The lowest BCUT2D eigenvalue weighted by Crippen LogP contribution is -2.10. The molecule has 2 aromatic heterocycles. The molecule has 3 nitrogen and oxygen atoms in total. The van der Waals surface area contributed by atoms with E-state index in [1.807, 2.05) is 0 Å². The van der Waals surface area contributed by atoms with Crippen molar-refractivity contribution in [3.8, 4) is 27.9 Å². The maximum absolute atomic E-state index is 6.74. The fourth-order valence-corrected chi connectivity index (χ4v) is 10.1. The van der Waals surface area contributed by atoms with E-state index in [1.54, 1.807) is 0 Å². The monoisotopic (exact) mass is 802 g/mol. The first-order valence-corrected chi connectivity index (χ1v) is 21.6. The molecule has 0 fully saturated rings. The summed E-state index contributed by atoms with van der Waals surface area (Å²) >= 11 is 0. The predicted octanol–water partition coefficient (Wildman–Crippen LogP) is 16.9. The van der Waals surface area contributed by atoms with Gasteiger partial charge in [0, 0.05) is 38.6 Å². The van der Waals surface area contributed by atoms with Crippen LogP contribution >= 0.6 is 0 Å². The van der Waals surface area contributed by atoms with Gasteiger partial charge in [0.15, 0.2) is 0 Å². The van der Waals surface area contributed by atoms with Crippen molar-refractivity contribution < 1.29 is 4.42 Å². The molecule has 11 aromatic carbocycles. The second kappa shape index (κ2) is 14.1. The average Bonchev–Trinajstić information content (AvgIpc) is 3.92. The van der Waals surface area contributed by atoms with Crippen molar-refractivity contribution in [1.82, 2.24) is 4.57 Å². The van der Waals surface area contributed by atoms with Gasteiger partial charge in [-0.3, -0.25) is 0 Å². The largest absolute Gasteiger partial charge is 0.455 e. The first-order chi connectivity index (χ1) is 31.3. The molecule has 0 saturated heterocycles. The second-order valence-electron chi connectivity index (χ2n) is 16.4. The molecule has 0 radical (unpaired) electrons. The van der Waals surface area contributed by atoms with Crippen LogP contribution in [-0.2, 0) is 0 Å². The Kier molecular flexibility index (Phi) is 7.91. The number of benzene rings is 11. The Morgan fingerprint density at radius 3 is 1.73 bits per heavy atom. The van der Waals surface area contributed by atoms with Crippen molar-refractivity contribution in [2.75, 3.05) is 4.90 Å². The number of aromatic nitrogens is 1. The minimum absolute atomic E-state index is 0.862. The molecule has 0 bridgehead atoms. The summed E-state index contributed by atoms with van der Waals surface area (Å²) in [6.07, 6.45) is 0. The van der Waals surface area contributed by atoms with Gasteiger partial charge in [-0.1, -0.05) is 158 Å². The van der Waals surface area contributed by atoms with Crippen LogP contribution in [0.3, 0.4) is 0 Å². The van der Waals surface area contributed by atoms with Gasteiger partial charge in [0.25, 0.3) is 0 Å². The van der Waals surface area contributed by atoms with Crippen LogP contribution in [0.4, 0.5) is 17.1 Å². The predicted molar refractivity (Wildman–Crippen MR) is 266 cm³/mol. The highest BCUT2D eigenvalue weighted by Gasteiger charge is 2.22. The van der Waals surface area contributed by atoms with Gasteiger partial charge >= 0.3 is 0 Å². The van der Waals surface area contributed by atoms with Crippen LogP contribution in [0.5, 0.6) is 0 Å². The van der Waals surface area contributed by atoms with Crippen molar-refractivity contribution in [2.45, 2.75) is 0 Å². The van der Waals surface area contributed by atoms with Crippen LogP contribution in [0, 0.1) is 0 Å². The molecule has 0 amide bonds. The Morgan fingerprint density at radius 2 is 0.952 bits per heavy atom. The van der Waals surface area contributed by atoms with Gasteiger partial charge in [0.1, 0.15) is 11.2 Å². The normalized spacial score (nSPS) is 11.8. The molecule has 0 atom stereocenters. The highest BCUT2D eigenvalue weighted by atomic mass is 16.3. The Balaban J connectivity index is 0.992. The zero-order chi connectivity index (χ0) is 41.4. The average molecular weight is 803 g/mol. The molecule has 13 rings (SSSR count). The van der Waals surface area contributed by atoms with Gasteiger partial charge in [0.05, 0.1) is 22.1 Å². The van der Waals surface area contributed by atoms with E-state index in [0.717, 1.165) is 61.0 Å². The maximum atomic E-state index is 6.74. The van der Waals surface area contributed by atoms with Crippen molar-refractivity contribution in [1.29, 1.82) is 0 Å². The van der Waals surface area contributed by atoms with E-state index in [1.165, 1.54) is 60.0 Å². The van der Waals surface area contributed by atoms with Gasteiger partial charge in [-0.05, 0) is 122 Å². The molecule has 0 saturated carbocycles. The van der Waals surface area contributed by atoms with Crippen LogP contribution in [0.1, 0.15) is 0 Å². The molecule has 0 unspecified atom stereocenters. The molecule has 0 spiro atoms. The highest BCUT2D eigenvalue weighted by Crippen LogP contribution is 2.46. The van der Waals surface area contributed by atoms with Crippen molar-refractivity contribution >= 4 is 93.1 Å². The summed E-state index contributed by atoms with van der Waals surface area (Å²) in [5.41, 5.74) is 13.3. The van der Waals surface area contributed by atoms with Gasteiger partial charge in [-0.2, -0.15) is 0 Å². The SMILES string of the molecule is c1ccc(-n2c3ccccc3c3c(-c4ccc(N(c5ccc(-c6cc7ccccc7c7ccccc67)cc5)c5cccc6oc7c8ccccc8ccc7c56)cc4)cccc32)cc1. The second-order valence-corrected chi connectivity index (χ2v) is 16.4. The summed E-state index contributed by atoms with van der Waals surface area (Å²) in [5.74, 6) is 0. The van der Waals surface area contributed by atoms with E-state index < -0.39 is 0 Å². The van der Waals surface area contributed by atoms with E-state index >= 15 is 0 Å². The fourth-order valence-electron chi connectivity index (χ4n) is 10.1. The third kappa shape index (κ3) is 5.53. The van der Waals surface area contributed by atoms with Crippen LogP contribution in [-0.4, -0.2) is 4.57 Å². The Bertz CT molecular complexity index is 3900. The lowest BCUT2D eigenvalue weighted by atomic mass is 9.93. The van der Waals surface area contributed by atoms with Crippen LogP contribution < -0.4 is 4.90 Å². The minimum Gasteiger partial charge on any atom is -0.455 e. The van der Waals surface area contributed by atoms with Gasteiger partial charge in [-0.15, -0.1) is 0 Å². The van der Waals surface area contributed by atoms with Crippen LogP contribution in [0.2, 0.25) is 0 Å². The smallest absolute Gasteiger partial charge is 0.143 e. The number of hydrogen-bond donors (Lipinski definition) is 0. The van der Waals surface area contributed by atoms with Gasteiger partial charge in [0.2, 0.25) is 0 Å². The lowest BCUT2D eigenvalue weighted by molar-refractivity contribution is 0.672. The van der Waals surface area contributed by atoms with Crippen molar-refractivity contribution in [2.24, 2.45) is 0 Å². The fraction of sp³-hybridized carbons (Fsp3) is 0. The van der Waals surface area contributed by atoms with Gasteiger partial charge < -0.3 is 13.9 Å². The number of fused-ring (bicyclic) bond motifs is 11. The first-order valence-electron chi connectivity index (χ1n) is 21.6. The van der Waals surface area contributed by atoms with Crippen LogP contribution in [0.15, 0.2) is 235 Å². The quantitative estimate of drug-likeness (QED) is 0.156. The molecule has 13 aromatic rings. The summed E-state index contributed by atoms with van der Waals surface area (Å²) in [5, 5.41) is 12.0. The number of rotatable bonds is 6. The summed E-state index contributed by atoms with van der Waals surface area (Å²) in [6.45, 7) is 0. The van der Waals surface area contributed by atoms with Crippen LogP contribution in [0.25, 0.3) is 104 Å². The minimum atomic E-state index is 0.862. The Hall–Kier alpha value is -8.40. The van der Waals surface area contributed by atoms with Crippen molar-refractivity contribution in [3.63, 3.8) is 0 Å².